The molecule has 50 heavy (non-hydrogen) atoms. The molecule has 0 aromatic carbocycles. The summed E-state index contributed by atoms with van der Waals surface area (Å²) in [5, 5.41) is 12.4. The minimum absolute atomic E-state index is 0. The smallest absolute Gasteiger partial charge is 0.416 e. The van der Waals surface area contributed by atoms with E-state index in [0.29, 0.717) is 22.5 Å². The van der Waals surface area contributed by atoms with Crippen LogP contribution in [0.3, 0.4) is 0 Å². The summed E-state index contributed by atoms with van der Waals surface area (Å²) in [6, 6.07) is 11.4. The summed E-state index contributed by atoms with van der Waals surface area (Å²) in [6.45, 7) is 6.40. The average Bonchev–Trinajstić information content (AvgIpc) is 3.74. The number of aromatic nitrogens is 8. The van der Waals surface area contributed by atoms with Crippen molar-refractivity contribution < 1.29 is 9.53 Å². The molecule has 1 aliphatic carbocycles. The van der Waals surface area contributed by atoms with Gasteiger partial charge in [-0.1, -0.05) is 44.0 Å². The number of ether oxygens (including phenoxy) is 1. The first kappa shape index (κ1) is 37.1. The van der Waals surface area contributed by atoms with Crippen LogP contribution in [0.5, 0.6) is 0 Å². The van der Waals surface area contributed by atoms with Gasteiger partial charge in [0.05, 0.1) is 27.9 Å². The number of carbonyl (C=O) groups excluding carboxylic acids is 1. The second-order valence-electron chi connectivity index (χ2n) is 12.7. The fraction of sp³-hybridized carbons (Fsp3) is 0.343. The summed E-state index contributed by atoms with van der Waals surface area (Å²) < 4.78 is 10.6. The SMILES string of the molecule is Brc1cnn2c(NCc3cccnc3)cc(CCC3CC3)nc12.C.CC(C)(C)OC(=O)N(Cc1cccnc1)c1cc(Cl)nc2c(Br)cnn12. The number of pyridine rings is 2. The van der Waals surface area contributed by atoms with Crippen molar-refractivity contribution in [2.75, 3.05) is 10.2 Å². The van der Waals surface area contributed by atoms with E-state index in [0.717, 1.165) is 45.1 Å². The first-order chi connectivity index (χ1) is 23.5. The van der Waals surface area contributed by atoms with Gasteiger partial charge in [-0.2, -0.15) is 19.2 Å². The van der Waals surface area contributed by atoms with Crippen molar-refractivity contribution >= 4 is 72.5 Å². The molecule has 1 aliphatic rings. The first-order valence-electron chi connectivity index (χ1n) is 15.8. The molecule has 1 saturated carbocycles. The largest absolute Gasteiger partial charge is 0.443 e. The Bertz CT molecular complexity index is 2050. The van der Waals surface area contributed by atoms with Crippen LogP contribution in [0.1, 0.15) is 64.3 Å². The van der Waals surface area contributed by atoms with Crippen LogP contribution in [0.15, 0.2) is 82.5 Å². The quantitative estimate of drug-likeness (QED) is 0.142. The van der Waals surface area contributed by atoms with E-state index in [1.807, 2.05) is 49.7 Å². The summed E-state index contributed by atoms with van der Waals surface area (Å²) in [4.78, 5) is 31.6. The summed E-state index contributed by atoms with van der Waals surface area (Å²) in [6.07, 6.45) is 14.9. The standard InChI is InChI=1S/C17H17BrClN5O2.C17H18BrN5.CH4/c1-17(2,3)26-16(25)23(10-11-5-4-6-20-8-11)14-7-13(19)22-15-12(18)9-21-24(14)15;18-15-11-21-23-16(20-10-13-2-1-7-19-9-13)8-14(22-17(15)23)6-5-12-3-4-12;/h4-9H,10H2,1-3H3;1-2,7-9,11-12,20H,3-6,10H2;1H4. The Hall–Kier alpha value is -4.14. The highest BCUT2D eigenvalue weighted by atomic mass is 79.9. The van der Waals surface area contributed by atoms with Gasteiger partial charge in [0.2, 0.25) is 0 Å². The van der Waals surface area contributed by atoms with E-state index in [-0.39, 0.29) is 19.1 Å². The Balaban J connectivity index is 0.000000192. The van der Waals surface area contributed by atoms with Crippen LogP contribution in [-0.4, -0.2) is 50.9 Å². The molecule has 262 valence electrons. The lowest BCUT2D eigenvalue weighted by Gasteiger charge is -2.27. The van der Waals surface area contributed by atoms with E-state index in [1.54, 1.807) is 37.1 Å². The molecule has 0 radical (unpaired) electrons. The number of nitrogens with zero attached hydrogens (tertiary/aromatic N) is 9. The van der Waals surface area contributed by atoms with Crippen LogP contribution >= 0.6 is 43.5 Å². The van der Waals surface area contributed by atoms with Crippen LogP contribution in [0.4, 0.5) is 16.4 Å². The Labute approximate surface area is 312 Å². The summed E-state index contributed by atoms with van der Waals surface area (Å²) in [5.74, 6) is 2.33. The molecule has 6 heterocycles. The second-order valence-corrected chi connectivity index (χ2v) is 14.7. The molecule has 12 nitrogen and oxygen atoms in total. The lowest BCUT2D eigenvalue weighted by Crippen LogP contribution is -2.37. The zero-order chi connectivity index (χ0) is 34.5. The van der Waals surface area contributed by atoms with E-state index in [9.17, 15) is 4.79 Å². The van der Waals surface area contributed by atoms with Gasteiger partial charge in [-0.05, 0) is 94.7 Å². The topological polar surface area (TPSA) is 128 Å². The minimum atomic E-state index is -0.648. The molecular weight excluding hydrogens is 788 g/mol. The Morgan fingerprint density at radius 1 is 0.960 bits per heavy atom. The highest BCUT2D eigenvalue weighted by Crippen LogP contribution is 2.34. The number of amides is 1. The molecule has 1 fully saturated rings. The molecule has 0 bridgehead atoms. The van der Waals surface area contributed by atoms with Crippen LogP contribution < -0.4 is 10.2 Å². The Morgan fingerprint density at radius 3 is 2.22 bits per heavy atom. The Kier molecular flexibility index (Phi) is 12.1. The molecule has 6 aromatic heterocycles. The molecular formula is C35H39Br2ClN10O2. The van der Waals surface area contributed by atoms with Crippen molar-refractivity contribution in [3.8, 4) is 0 Å². The van der Waals surface area contributed by atoms with Crippen molar-refractivity contribution in [1.29, 1.82) is 0 Å². The van der Waals surface area contributed by atoms with Gasteiger partial charge in [0, 0.05) is 49.2 Å². The third-order valence-corrected chi connectivity index (χ3v) is 8.83. The predicted molar refractivity (Wildman–Crippen MR) is 202 cm³/mol. The number of hydrogen-bond acceptors (Lipinski definition) is 9. The number of halogens is 3. The number of fused-ring (bicyclic) bond motifs is 2. The zero-order valence-electron chi connectivity index (χ0n) is 27.2. The van der Waals surface area contributed by atoms with E-state index in [2.05, 4.69) is 74.5 Å². The van der Waals surface area contributed by atoms with E-state index in [4.69, 9.17) is 21.3 Å². The molecule has 1 N–H and O–H groups in total. The van der Waals surface area contributed by atoms with E-state index >= 15 is 0 Å². The van der Waals surface area contributed by atoms with Crippen LogP contribution in [-0.2, 0) is 24.2 Å². The lowest BCUT2D eigenvalue weighted by molar-refractivity contribution is 0.0575. The Morgan fingerprint density at radius 2 is 1.60 bits per heavy atom. The van der Waals surface area contributed by atoms with Gasteiger partial charge in [0.25, 0.3) is 0 Å². The molecule has 0 saturated heterocycles. The number of nitrogens with one attached hydrogen (secondary N) is 1. The first-order valence-corrected chi connectivity index (χ1v) is 17.8. The highest BCUT2D eigenvalue weighted by molar-refractivity contribution is 9.11. The molecule has 15 heteroatoms. The summed E-state index contributed by atoms with van der Waals surface area (Å²) in [7, 11) is 0. The summed E-state index contributed by atoms with van der Waals surface area (Å²) in [5.41, 5.74) is 3.83. The number of aryl methyl sites for hydroxylation is 1. The molecule has 0 unspecified atom stereocenters. The molecule has 1 amide bonds. The van der Waals surface area contributed by atoms with E-state index < -0.39 is 11.7 Å². The van der Waals surface area contributed by atoms with Gasteiger partial charge in [-0.15, -0.1) is 0 Å². The lowest BCUT2D eigenvalue weighted by atomic mass is 10.1. The summed E-state index contributed by atoms with van der Waals surface area (Å²) >= 11 is 13.1. The number of carbonyl (C=O) groups is 1. The van der Waals surface area contributed by atoms with Gasteiger partial charge in [-0.25, -0.2) is 14.8 Å². The maximum Gasteiger partial charge on any atom is 0.416 e. The highest BCUT2D eigenvalue weighted by Gasteiger charge is 2.27. The number of rotatable bonds is 9. The van der Waals surface area contributed by atoms with Crippen LogP contribution in [0.2, 0.25) is 5.15 Å². The second kappa shape index (κ2) is 16.3. The third-order valence-electron chi connectivity index (χ3n) is 7.52. The number of anilines is 2. The molecule has 6 aromatic rings. The molecule has 0 atom stereocenters. The molecule has 0 aliphatic heterocycles. The van der Waals surface area contributed by atoms with Crippen molar-refractivity contribution in [2.45, 2.75) is 72.6 Å². The predicted octanol–water partition coefficient (Wildman–Crippen LogP) is 8.96. The molecule has 7 rings (SSSR count). The molecule has 0 spiro atoms. The maximum atomic E-state index is 12.9. The van der Waals surface area contributed by atoms with Gasteiger partial charge in [0.15, 0.2) is 11.3 Å². The average molecular weight is 827 g/mol. The van der Waals surface area contributed by atoms with Crippen molar-refractivity contribution in [3.63, 3.8) is 0 Å². The van der Waals surface area contributed by atoms with E-state index in [1.165, 1.54) is 28.7 Å². The van der Waals surface area contributed by atoms with Gasteiger partial charge >= 0.3 is 6.09 Å². The minimum Gasteiger partial charge on any atom is -0.443 e. The maximum absolute atomic E-state index is 12.9. The fourth-order valence-corrected chi connectivity index (χ4v) is 5.88. The van der Waals surface area contributed by atoms with Crippen LogP contribution in [0.25, 0.3) is 11.3 Å². The van der Waals surface area contributed by atoms with Crippen LogP contribution in [0, 0.1) is 5.92 Å². The zero-order valence-corrected chi connectivity index (χ0v) is 31.2. The van der Waals surface area contributed by atoms with Crippen molar-refractivity contribution in [3.05, 3.63) is 104 Å². The van der Waals surface area contributed by atoms with Crippen molar-refractivity contribution in [1.82, 2.24) is 39.2 Å². The van der Waals surface area contributed by atoms with Gasteiger partial charge in [-0.3, -0.25) is 14.9 Å². The number of hydrogen-bond donors (Lipinski definition) is 1. The van der Waals surface area contributed by atoms with Gasteiger partial charge < -0.3 is 10.1 Å². The monoisotopic (exact) mass is 824 g/mol. The third kappa shape index (κ3) is 9.55. The fourth-order valence-electron chi connectivity index (χ4n) is 5.01. The van der Waals surface area contributed by atoms with Crippen molar-refractivity contribution in [2.24, 2.45) is 5.92 Å². The normalized spacial score (nSPS) is 12.6. The van der Waals surface area contributed by atoms with Gasteiger partial charge in [0.1, 0.15) is 22.4 Å².